The molecule has 19 heavy (non-hydrogen) atoms. The highest BCUT2D eigenvalue weighted by Crippen LogP contribution is 2.62. The van der Waals surface area contributed by atoms with Crippen molar-refractivity contribution >= 4 is 5.91 Å². The molecule has 0 radical (unpaired) electrons. The Balaban J connectivity index is 2.04. The molecule has 0 saturated heterocycles. The maximum atomic E-state index is 12.3. The summed E-state index contributed by atoms with van der Waals surface area (Å²) < 4.78 is 0. The SMILES string of the molecule is CC(C)C[C@H](N)C(=O)NC1C2(C)CCC(C2)C1(C)C. The van der Waals surface area contributed by atoms with Crippen LogP contribution in [0, 0.1) is 22.7 Å². The number of carbonyl (C=O) groups is 1. The van der Waals surface area contributed by atoms with Crippen molar-refractivity contribution in [1.29, 1.82) is 0 Å². The van der Waals surface area contributed by atoms with Gasteiger partial charge in [-0.1, -0.05) is 34.6 Å². The molecule has 2 aliphatic rings. The van der Waals surface area contributed by atoms with E-state index in [4.69, 9.17) is 5.73 Å². The first kappa shape index (κ1) is 14.8. The molecular weight excluding hydrogens is 236 g/mol. The molecule has 0 aromatic heterocycles. The molecule has 3 unspecified atom stereocenters. The van der Waals surface area contributed by atoms with Crippen LogP contribution in [0.4, 0.5) is 0 Å². The lowest BCUT2D eigenvalue weighted by Gasteiger charge is -2.43. The van der Waals surface area contributed by atoms with E-state index < -0.39 is 0 Å². The van der Waals surface area contributed by atoms with Gasteiger partial charge in [-0.3, -0.25) is 4.79 Å². The molecule has 2 fully saturated rings. The summed E-state index contributed by atoms with van der Waals surface area (Å²) in [6.07, 6.45) is 4.57. The number of hydrogen-bond donors (Lipinski definition) is 2. The number of hydrogen-bond acceptors (Lipinski definition) is 2. The molecule has 2 bridgehead atoms. The molecule has 3 N–H and O–H groups in total. The number of amides is 1. The molecule has 110 valence electrons. The predicted octanol–water partition coefficient (Wildman–Crippen LogP) is 2.69. The Morgan fingerprint density at radius 3 is 2.47 bits per heavy atom. The van der Waals surface area contributed by atoms with Crippen molar-refractivity contribution in [3.05, 3.63) is 0 Å². The lowest BCUT2D eigenvalue weighted by atomic mass is 9.68. The normalized spacial score (nSPS) is 37.6. The third-order valence-corrected chi connectivity index (χ3v) is 5.62. The van der Waals surface area contributed by atoms with E-state index in [0.29, 0.717) is 5.92 Å². The number of carbonyl (C=O) groups excluding carboxylic acids is 1. The van der Waals surface area contributed by atoms with Crippen LogP contribution in [0.2, 0.25) is 0 Å². The standard InChI is InChI=1S/C16H30N2O/c1-10(2)8-12(17)13(19)18-14-15(3,4)11-6-7-16(14,5)9-11/h10-12,14H,6-9,17H2,1-5H3,(H,18,19)/t11?,12-,14?,16?/m0/s1. The molecule has 0 heterocycles. The summed E-state index contributed by atoms with van der Waals surface area (Å²) in [6, 6.07) is -0.0806. The second-order valence-corrected chi connectivity index (χ2v) is 8.09. The Labute approximate surface area is 117 Å². The molecule has 0 aromatic carbocycles. The molecule has 0 spiro atoms. The average molecular weight is 266 g/mol. The van der Waals surface area contributed by atoms with Gasteiger partial charge in [0.25, 0.3) is 0 Å². The van der Waals surface area contributed by atoms with Crippen molar-refractivity contribution in [3.63, 3.8) is 0 Å². The van der Waals surface area contributed by atoms with Gasteiger partial charge in [-0.15, -0.1) is 0 Å². The van der Waals surface area contributed by atoms with Crippen LogP contribution in [0.1, 0.15) is 60.3 Å². The van der Waals surface area contributed by atoms with E-state index in [1.54, 1.807) is 0 Å². The monoisotopic (exact) mass is 266 g/mol. The van der Waals surface area contributed by atoms with E-state index in [-0.39, 0.29) is 28.8 Å². The average Bonchev–Trinajstić information content (AvgIpc) is 2.74. The zero-order chi connectivity index (χ0) is 14.4. The minimum atomic E-state index is -0.362. The molecule has 4 atom stereocenters. The summed E-state index contributed by atoms with van der Waals surface area (Å²) >= 11 is 0. The number of rotatable bonds is 4. The van der Waals surface area contributed by atoms with E-state index in [1.807, 2.05) is 0 Å². The largest absolute Gasteiger partial charge is 0.351 e. The van der Waals surface area contributed by atoms with E-state index >= 15 is 0 Å². The number of nitrogens with one attached hydrogen (secondary N) is 1. The highest BCUT2D eigenvalue weighted by Gasteiger charge is 2.59. The molecule has 2 rings (SSSR count). The molecule has 2 aliphatic carbocycles. The zero-order valence-corrected chi connectivity index (χ0v) is 13.1. The van der Waals surface area contributed by atoms with Gasteiger partial charge in [0.05, 0.1) is 6.04 Å². The lowest BCUT2D eigenvalue weighted by Crippen LogP contribution is -2.56. The van der Waals surface area contributed by atoms with Crippen molar-refractivity contribution in [2.45, 2.75) is 72.4 Å². The van der Waals surface area contributed by atoms with Crippen LogP contribution < -0.4 is 11.1 Å². The fourth-order valence-corrected chi connectivity index (χ4v) is 4.53. The van der Waals surface area contributed by atoms with E-state index in [2.05, 4.69) is 39.9 Å². The maximum Gasteiger partial charge on any atom is 0.237 e. The van der Waals surface area contributed by atoms with Gasteiger partial charge in [0, 0.05) is 6.04 Å². The molecular formula is C16H30N2O. The van der Waals surface area contributed by atoms with Gasteiger partial charge in [-0.05, 0) is 48.3 Å². The van der Waals surface area contributed by atoms with Crippen LogP contribution in [0.15, 0.2) is 0 Å². The first-order valence-electron chi connectivity index (χ1n) is 7.73. The highest BCUT2D eigenvalue weighted by molar-refractivity contribution is 5.82. The van der Waals surface area contributed by atoms with Gasteiger partial charge in [-0.2, -0.15) is 0 Å². The van der Waals surface area contributed by atoms with Gasteiger partial charge in [0.2, 0.25) is 5.91 Å². The summed E-state index contributed by atoms with van der Waals surface area (Å²) in [5.41, 5.74) is 6.50. The molecule has 0 aromatic rings. The summed E-state index contributed by atoms with van der Waals surface area (Å²) in [6.45, 7) is 11.2. The topological polar surface area (TPSA) is 55.1 Å². The van der Waals surface area contributed by atoms with Gasteiger partial charge in [0.15, 0.2) is 0 Å². The van der Waals surface area contributed by atoms with Crippen LogP contribution in [0.25, 0.3) is 0 Å². The molecule has 1 amide bonds. The smallest absolute Gasteiger partial charge is 0.237 e. The summed E-state index contributed by atoms with van der Waals surface area (Å²) in [5.74, 6) is 1.26. The Bertz CT molecular complexity index is 359. The highest BCUT2D eigenvalue weighted by atomic mass is 16.2. The van der Waals surface area contributed by atoms with E-state index in [0.717, 1.165) is 12.3 Å². The number of fused-ring (bicyclic) bond motifs is 2. The fraction of sp³-hybridized carbons (Fsp3) is 0.938. The van der Waals surface area contributed by atoms with Crippen molar-refractivity contribution in [2.75, 3.05) is 0 Å². The van der Waals surface area contributed by atoms with Crippen LogP contribution in [-0.4, -0.2) is 18.0 Å². The van der Waals surface area contributed by atoms with E-state index in [9.17, 15) is 4.79 Å². The third-order valence-electron chi connectivity index (χ3n) is 5.62. The van der Waals surface area contributed by atoms with Crippen molar-refractivity contribution in [2.24, 2.45) is 28.4 Å². The first-order valence-corrected chi connectivity index (χ1v) is 7.73. The van der Waals surface area contributed by atoms with Gasteiger partial charge < -0.3 is 11.1 Å². The maximum absolute atomic E-state index is 12.3. The predicted molar refractivity (Wildman–Crippen MR) is 78.6 cm³/mol. The third kappa shape index (κ3) is 2.54. The van der Waals surface area contributed by atoms with Crippen LogP contribution in [-0.2, 0) is 4.79 Å². The second kappa shape index (κ2) is 4.76. The van der Waals surface area contributed by atoms with Gasteiger partial charge in [-0.25, -0.2) is 0 Å². The molecule has 3 heteroatoms. The Morgan fingerprint density at radius 1 is 1.37 bits per heavy atom. The van der Waals surface area contributed by atoms with Crippen molar-refractivity contribution in [1.82, 2.24) is 5.32 Å². The zero-order valence-electron chi connectivity index (χ0n) is 13.1. The molecule has 0 aliphatic heterocycles. The minimum absolute atomic E-state index is 0.0422. The number of nitrogens with two attached hydrogens (primary N) is 1. The van der Waals surface area contributed by atoms with Crippen LogP contribution in [0.5, 0.6) is 0 Å². The van der Waals surface area contributed by atoms with Gasteiger partial charge >= 0.3 is 0 Å². The van der Waals surface area contributed by atoms with Crippen LogP contribution >= 0.6 is 0 Å². The Morgan fingerprint density at radius 2 is 2.00 bits per heavy atom. The Hall–Kier alpha value is -0.570. The Kier molecular flexibility index (Phi) is 3.72. The molecule has 3 nitrogen and oxygen atoms in total. The summed E-state index contributed by atoms with van der Waals surface area (Å²) in [5, 5.41) is 3.28. The first-order chi connectivity index (χ1) is 8.67. The second-order valence-electron chi connectivity index (χ2n) is 8.09. The summed E-state index contributed by atoms with van der Waals surface area (Å²) in [4.78, 5) is 12.3. The lowest BCUT2D eigenvalue weighted by molar-refractivity contribution is -0.125. The molecule has 2 saturated carbocycles. The minimum Gasteiger partial charge on any atom is -0.351 e. The van der Waals surface area contributed by atoms with Crippen molar-refractivity contribution in [3.8, 4) is 0 Å². The summed E-state index contributed by atoms with van der Waals surface area (Å²) in [7, 11) is 0. The fourth-order valence-electron chi connectivity index (χ4n) is 4.53. The van der Waals surface area contributed by atoms with E-state index in [1.165, 1.54) is 19.3 Å². The van der Waals surface area contributed by atoms with Crippen molar-refractivity contribution < 1.29 is 4.79 Å². The van der Waals surface area contributed by atoms with Crippen LogP contribution in [0.3, 0.4) is 0 Å². The quantitative estimate of drug-likeness (QED) is 0.822. The van der Waals surface area contributed by atoms with Gasteiger partial charge in [0.1, 0.15) is 0 Å².